The zero-order valence-electron chi connectivity index (χ0n) is 6.61. The molecule has 0 rings (SSSR count). The fourth-order valence-electron chi connectivity index (χ4n) is 1.09. The smallest absolute Gasteiger partial charge is 0.130 e. The van der Waals surface area contributed by atoms with Gasteiger partial charge in [0.2, 0.25) is 0 Å². The number of hydrogen-bond donors (Lipinski definition) is 0. The molecule has 1 heteroatoms. The van der Waals surface area contributed by atoms with Crippen molar-refractivity contribution in [2.24, 2.45) is 5.92 Å². The lowest BCUT2D eigenvalue weighted by Gasteiger charge is -2.04. The van der Waals surface area contributed by atoms with Gasteiger partial charge in [0.05, 0.1) is 0 Å². The molecule has 0 fully saturated rings. The van der Waals surface area contributed by atoms with Gasteiger partial charge in [-0.1, -0.05) is 26.7 Å². The molecule has 0 unspecified atom stereocenters. The predicted octanol–water partition coefficient (Wildman–Crippen LogP) is 2.40. The topological polar surface area (TPSA) is 17.1 Å². The van der Waals surface area contributed by atoms with Gasteiger partial charge in [-0.3, -0.25) is 0 Å². The highest BCUT2D eigenvalue weighted by molar-refractivity contribution is 5.75. The highest BCUT2D eigenvalue weighted by Gasteiger charge is 2.02. The Labute approximate surface area is 57.5 Å². The van der Waals surface area contributed by atoms with Crippen LogP contribution in [0, 0.1) is 5.92 Å². The zero-order valence-corrected chi connectivity index (χ0v) is 6.61. The van der Waals surface area contributed by atoms with E-state index in [9.17, 15) is 4.79 Å². The summed E-state index contributed by atoms with van der Waals surface area (Å²) < 4.78 is 0. The molecule has 1 atom stereocenters. The van der Waals surface area contributed by atoms with Crippen molar-refractivity contribution >= 4 is 5.78 Å². The standard InChI is InChI=1S/C8H16O/c1-4-5-7(2)6-8(3)9/h7H,4-6H2,1-3H3/t7-/m1/s1. The molecule has 9 heavy (non-hydrogen) atoms. The summed E-state index contributed by atoms with van der Waals surface area (Å²) in [7, 11) is 0. The van der Waals surface area contributed by atoms with Crippen LogP contribution in [0.2, 0.25) is 0 Å². The minimum absolute atomic E-state index is 0.316. The van der Waals surface area contributed by atoms with Gasteiger partial charge in [-0.15, -0.1) is 0 Å². The lowest BCUT2D eigenvalue weighted by atomic mass is 10.0. The molecular formula is C8H16O. The van der Waals surface area contributed by atoms with E-state index in [0.717, 1.165) is 6.42 Å². The molecule has 0 aliphatic carbocycles. The Balaban J connectivity index is 3.26. The second-order valence-electron chi connectivity index (χ2n) is 2.80. The van der Waals surface area contributed by atoms with Gasteiger partial charge in [-0.05, 0) is 12.8 Å². The minimum atomic E-state index is 0.316. The molecule has 0 aliphatic rings. The summed E-state index contributed by atoms with van der Waals surface area (Å²) in [4.78, 5) is 10.5. The molecule has 0 N–H and O–H groups in total. The number of rotatable bonds is 4. The Morgan fingerprint density at radius 3 is 2.44 bits per heavy atom. The third kappa shape index (κ3) is 5.54. The Hall–Kier alpha value is -0.330. The molecular weight excluding hydrogens is 112 g/mol. The van der Waals surface area contributed by atoms with Crippen LogP contribution >= 0.6 is 0 Å². The van der Waals surface area contributed by atoms with E-state index in [2.05, 4.69) is 13.8 Å². The van der Waals surface area contributed by atoms with Crippen LogP contribution in [0.4, 0.5) is 0 Å². The summed E-state index contributed by atoms with van der Waals surface area (Å²) in [6, 6.07) is 0. The summed E-state index contributed by atoms with van der Waals surface area (Å²) in [5.74, 6) is 0.906. The zero-order chi connectivity index (χ0) is 7.28. The SMILES string of the molecule is CCC[C@@H](C)CC(C)=O. The third-order valence-electron chi connectivity index (χ3n) is 1.42. The first-order valence-corrected chi connectivity index (χ1v) is 3.66. The Bertz CT molecular complexity index is 86.6. The van der Waals surface area contributed by atoms with Gasteiger partial charge in [0.1, 0.15) is 5.78 Å². The number of hydrogen-bond acceptors (Lipinski definition) is 1. The van der Waals surface area contributed by atoms with Crippen LogP contribution in [0.25, 0.3) is 0 Å². The molecule has 0 radical (unpaired) electrons. The number of carbonyl (C=O) groups excluding carboxylic acids is 1. The molecule has 0 spiro atoms. The van der Waals surface area contributed by atoms with Crippen molar-refractivity contribution in [3.8, 4) is 0 Å². The third-order valence-corrected chi connectivity index (χ3v) is 1.42. The van der Waals surface area contributed by atoms with E-state index in [4.69, 9.17) is 0 Å². The quantitative estimate of drug-likeness (QED) is 0.568. The number of carbonyl (C=O) groups is 1. The van der Waals surface area contributed by atoms with E-state index in [1.165, 1.54) is 12.8 Å². The summed E-state index contributed by atoms with van der Waals surface area (Å²) in [5, 5.41) is 0. The minimum Gasteiger partial charge on any atom is -0.300 e. The van der Waals surface area contributed by atoms with Crippen molar-refractivity contribution in [2.75, 3.05) is 0 Å². The van der Waals surface area contributed by atoms with E-state index >= 15 is 0 Å². The fraction of sp³-hybridized carbons (Fsp3) is 0.875. The normalized spacial score (nSPS) is 13.2. The van der Waals surface area contributed by atoms with E-state index in [1.54, 1.807) is 6.92 Å². The van der Waals surface area contributed by atoms with E-state index < -0.39 is 0 Å². The number of ketones is 1. The van der Waals surface area contributed by atoms with Gasteiger partial charge in [0.15, 0.2) is 0 Å². The first-order chi connectivity index (χ1) is 4.16. The van der Waals surface area contributed by atoms with Crippen LogP contribution in [0.1, 0.15) is 40.0 Å². The summed E-state index contributed by atoms with van der Waals surface area (Å²) >= 11 is 0. The second-order valence-corrected chi connectivity index (χ2v) is 2.80. The van der Waals surface area contributed by atoms with Gasteiger partial charge in [-0.25, -0.2) is 0 Å². The van der Waals surface area contributed by atoms with Crippen LogP contribution in [-0.4, -0.2) is 5.78 Å². The summed E-state index contributed by atoms with van der Waals surface area (Å²) in [5.41, 5.74) is 0. The highest BCUT2D eigenvalue weighted by atomic mass is 16.1. The van der Waals surface area contributed by atoms with Gasteiger partial charge >= 0.3 is 0 Å². The molecule has 0 saturated heterocycles. The lowest BCUT2D eigenvalue weighted by Crippen LogP contribution is -2.00. The maximum absolute atomic E-state index is 10.5. The summed E-state index contributed by atoms with van der Waals surface area (Å²) in [6.45, 7) is 5.94. The van der Waals surface area contributed by atoms with Crippen molar-refractivity contribution < 1.29 is 4.79 Å². The molecule has 0 bridgehead atoms. The largest absolute Gasteiger partial charge is 0.300 e. The first-order valence-electron chi connectivity index (χ1n) is 3.66. The van der Waals surface area contributed by atoms with Crippen molar-refractivity contribution in [2.45, 2.75) is 40.0 Å². The lowest BCUT2D eigenvalue weighted by molar-refractivity contribution is -0.117. The first kappa shape index (κ1) is 8.67. The van der Waals surface area contributed by atoms with E-state index in [0.29, 0.717) is 11.7 Å². The molecule has 0 aliphatic heterocycles. The molecule has 1 nitrogen and oxygen atoms in total. The molecule has 0 saturated carbocycles. The van der Waals surface area contributed by atoms with Crippen molar-refractivity contribution in [3.63, 3.8) is 0 Å². The maximum Gasteiger partial charge on any atom is 0.130 e. The van der Waals surface area contributed by atoms with Crippen LogP contribution in [0.3, 0.4) is 0 Å². The molecule has 0 amide bonds. The van der Waals surface area contributed by atoms with Gasteiger partial charge in [0.25, 0.3) is 0 Å². The summed E-state index contributed by atoms with van der Waals surface area (Å²) in [6.07, 6.45) is 3.13. The van der Waals surface area contributed by atoms with E-state index in [1.807, 2.05) is 0 Å². The molecule has 0 heterocycles. The Morgan fingerprint density at radius 1 is 1.56 bits per heavy atom. The maximum atomic E-state index is 10.5. The molecule has 0 aromatic carbocycles. The Kier molecular flexibility index (Phi) is 4.37. The van der Waals surface area contributed by atoms with Crippen LogP contribution in [0.5, 0.6) is 0 Å². The average Bonchev–Trinajstić information content (AvgIpc) is 1.63. The monoisotopic (exact) mass is 128 g/mol. The van der Waals surface area contributed by atoms with Gasteiger partial charge in [0, 0.05) is 6.42 Å². The van der Waals surface area contributed by atoms with Gasteiger partial charge < -0.3 is 4.79 Å². The highest BCUT2D eigenvalue weighted by Crippen LogP contribution is 2.09. The molecule has 54 valence electrons. The van der Waals surface area contributed by atoms with Crippen molar-refractivity contribution in [1.29, 1.82) is 0 Å². The number of Topliss-reactive ketones (excluding diaryl/α,β-unsaturated/α-hetero) is 1. The van der Waals surface area contributed by atoms with Crippen molar-refractivity contribution in [1.82, 2.24) is 0 Å². The Morgan fingerprint density at radius 2 is 2.11 bits per heavy atom. The van der Waals surface area contributed by atoms with Crippen LogP contribution in [-0.2, 0) is 4.79 Å². The van der Waals surface area contributed by atoms with Crippen molar-refractivity contribution in [3.05, 3.63) is 0 Å². The molecule has 0 aromatic heterocycles. The van der Waals surface area contributed by atoms with Gasteiger partial charge in [-0.2, -0.15) is 0 Å². The second kappa shape index (κ2) is 4.54. The van der Waals surface area contributed by atoms with Crippen LogP contribution < -0.4 is 0 Å². The molecule has 0 aromatic rings. The average molecular weight is 128 g/mol. The van der Waals surface area contributed by atoms with Crippen LogP contribution in [0.15, 0.2) is 0 Å². The predicted molar refractivity (Wildman–Crippen MR) is 39.4 cm³/mol. The van der Waals surface area contributed by atoms with E-state index in [-0.39, 0.29) is 0 Å². The fourth-order valence-corrected chi connectivity index (χ4v) is 1.09.